The second kappa shape index (κ2) is 6.92. The van der Waals surface area contributed by atoms with E-state index in [1.165, 1.54) is 6.20 Å². The number of hydrogen-bond donors (Lipinski definition) is 1. The molecule has 0 fully saturated rings. The number of aromatic carboxylic acids is 1. The maximum atomic E-state index is 11.9. The van der Waals surface area contributed by atoms with Crippen LogP contribution in [-0.4, -0.2) is 20.6 Å². The van der Waals surface area contributed by atoms with Crippen molar-refractivity contribution >= 4 is 5.97 Å². The summed E-state index contributed by atoms with van der Waals surface area (Å²) in [7, 11) is 0. The van der Waals surface area contributed by atoms with Crippen LogP contribution < -0.4 is 0 Å². The summed E-state index contributed by atoms with van der Waals surface area (Å²) in [6.07, 6.45) is 3.27. The molecule has 0 atom stereocenters. The normalized spacial score (nSPS) is 11.3. The Morgan fingerprint density at radius 2 is 1.15 bits per heavy atom. The second-order valence-electron chi connectivity index (χ2n) is 6.23. The SMILES string of the molecule is O=C(O)c1nccn1C(c1ccccc1)(c1ccccc1)c1ccccc1. The average molecular weight is 354 g/mol. The molecule has 3 aromatic carbocycles. The van der Waals surface area contributed by atoms with E-state index < -0.39 is 11.5 Å². The Morgan fingerprint density at radius 1 is 0.741 bits per heavy atom. The Morgan fingerprint density at radius 3 is 1.52 bits per heavy atom. The van der Waals surface area contributed by atoms with Crippen LogP contribution in [0.5, 0.6) is 0 Å². The third-order valence-corrected chi connectivity index (χ3v) is 4.77. The molecule has 0 aliphatic rings. The predicted molar refractivity (Wildman–Crippen MR) is 104 cm³/mol. The molecular weight excluding hydrogens is 336 g/mol. The molecule has 4 heteroatoms. The zero-order chi connectivity index (χ0) is 18.7. The van der Waals surface area contributed by atoms with Gasteiger partial charge in [-0.25, -0.2) is 9.78 Å². The van der Waals surface area contributed by atoms with Gasteiger partial charge in [0.2, 0.25) is 5.82 Å². The molecule has 27 heavy (non-hydrogen) atoms. The number of rotatable bonds is 5. The molecule has 132 valence electrons. The topological polar surface area (TPSA) is 55.1 Å². The van der Waals surface area contributed by atoms with Crippen LogP contribution in [0.3, 0.4) is 0 Å². The summed E-state index contributed by atoms with van der Waals surface area (Å²) in [5.74, 6) is -1.07. The fourth-order valence-electron chi connectivity index (χ4n) is 3.69. The molecule has 0 spiro atoms. The van der Waals surface area contributed by atoms with Crippen molar-refractivity contribution < 1.29 is 9.90 Å². The lowest BCUT2D eigenvalue weighted by Crippen LogP contribution is -2.39. The van der Waals surface area contributed by atoms with Crippen molar-refractivity contribution in [2.75, 3.05) is 0 Å². The van der Waals surface area contributed by atoms with E-state index in [2.05, 4.69) is 4.98 Å². The van der Waals surface area contributed by atoms with Gasteiger partial charge >= 0.3 is 5.97 Å². The molecule has 4 rings (SSSR count). The minimum absolute atomic E-state index is 0.00782. The van der Waals surface area contributed by atoms with Crippen LogP contribution in [0.4, 0.5) is 0 Å². The highest BCUT2D eigenvalue weighted by Crippen LogP contribution is 2.41. The van der Waals surface area contributed by atoms with E-state index in [9.17, 15) is 9.90 Å². The number of carboxylic acid groups (broad SMARTS) is 1. The molecule has 0 unspecified atom stereocenters. The van der Waals surface area contributed by atoms with Gasteiger partial charge in [0.25, 0.3) is 0 Å². The molecule has 4 aromatic rings. The standard InChI is InChI=1S/C23H18N2O2/c26-22(27)21-24-16-17-25(21)23(18-10-4-1-5-11-18,19-12-6-2-7-13-19)20-14-8-3-9-15-20/h1-17H,(H,26,27). The first kappa shape index (κ1) is 16.8. The van der Waals surface area contributed by atoms with E-state index in [1.807, 2.05) is 91.0 Å². The number of carboxylic acids is 1. The lowest BCUT2D eigenvalue weighted by molar-refractivity contribution is 0.0675. The summed E-state index contributed by atoms with van der Waals surface area (Å²) in [6, 6.07) is 29.8. The molecule has 1 heterocycles. The van der Waals surface area contributed by atoms with Crippen molar-refractivity contribution in [2.45, 2.75) is 5.54 Å². The van der Waals surface area contributed by atoms with Crippen molar-refractivity contribution in [3.05, 3.63) is 126 Å². The third-order valence-electron chi connectivity index (χ3n) is 4.77. The van der Waals surface area contributed by atoms with Gasteiger partial charge in [0.05, 0.1) is 0 Å². The number of benzene rings is 3. The van der Waals surface area contributed by atoms with Gasteiger partial charge in [-0.3, -0.25) is 0 Å². The number of imidazole rings is 1. The number of aromatic nitrogens is 2. The van der Waals surface area contributed by atoms with Crippen LogP contribution in [0, 0.1) is 0 Å². The average Bonchev–Trinajstić information content (AvgIpc) is 3.22. The van der Waals surface area contributed by atoms with E-state index in [4.69, 9.17) is 0 Å². The lowest BCUT2D eigenvalue weighted by atomic mass is 9.76. The summed E-state index contributed by atoms with van der Waals surface area (Å²) in [6.45, 7) is 0. The van der Waals surface area contributed by atoms with E-state index in [-0.39, 0.29) is 5.82 Å². The van der Waals surface area contributed by atoms with Crippen molar-refractivity contribution in [3.63, 3.8) is 0 Å². The smallest absolute Gasteiger partial charge is 0.372 e. The number of carbonyl (C=O) groups is 1. The highest BCUT2D eigenvalue weighted by molar-refractivity contribution is 5.84. The van der Waals surface area contributed by atoms with Crippen LogP contribution in [0.15, 0.2) is 103 Å². The summed E-state index contributed by atoms with van der Waals surface area (Å²) in [4.78, 5) is 16.1. The molecule has 1 aromatic heterocycles. The zero-order valence-electron chi connectivity index (χ0n) is 14.6. The molecule has 0 aliphatic heterocycles. The monoisotopic (exact) mass is 354 g/mol. The summed E-state index contributed by atoms with van der Waals surface area (Å²) in [5, 5.41) is 9.78. The minimum atomic E-state index is -1.06. The number of hydrogen-bond acceptors (Lipinski definition) is 2. The lowest BCUT2D eigenvalue weighted by Gasteiger charge is -2.38. The van der Waals surface area contributed by atoms with Crippen LogP contribution in [-0.2, 0) is 5.54 Å². The molecule has 0 aliphatic carbocycles. The van der Waals surface area contributed by atoms with E-state index in [1.54, 1.807) is 10.8 Å². The van der Waals surface area contributed by atoms with Gasteiger partial charge in [-0.05, 0) is 16.7 Å². The fourth-order valence-corrected chi connectivity index (χ4v) is 3.69. The maximum Gasteiger partial charge on any atom is 0.372 e. The van der Waals surface area contributed by atoms with Gasteiger partial charge in [-0.2, -0.15) is 0 Å². The van der Waals surface area contributed by atoms with Gasteiger partial charge < -0.3 is 9.67 Å². The molecule has 1 N–H and O–H groups in total. The Bertz CT molecular complexity index is 945. The van der Waals surface area contributed by atoms with Gasteiger partial charge in [0.1, 0.15) is 5.54 Å². The van der Waals surface area contributed by atoms with Crippen LogP contribution in [0.2, 0.25) is 0 Å². The number of nitrogens with zero attached hydrogens (tertiary/aromatic N) is 2. The summed E-state index contributed by atoms with van der Waals surface area (Å²) < 4.78 is 1.75. The molecule has 0 saturated heterocycles. The van der Waals surface area contributed by atoms with Crippen molar-refractivity contribution in [1.82, 2.24) is 9.55 Å². The first-order valence-corrected chi connectivity index (χ1v) is 8.68. The summed E-state index contributed by atoms with van der Waals surface area (Å²) >= 11 is 0. The van der Waals surface area contributed by atoms with Crippen LogP contribution >= 0.6 is 0 Å². The van der Waals surface area contributed by atoms with Crippen molar-refractivity contribution in [2.24, 2.45) is 0 Å². The van der Waals surface area contributed by atoms with Crippen LogP contribution in [0.1, 0.15) is 27.3 Å². The first-order chi connectivity index (χ1) is 13.2. The first-order valence-electron chi connectivity index (χ1n) is 8.68. The van der Waals surface area contributed by atoms with Gasteiger partial charge in [-0.15, -0.1) is 0 Å². The van der Waals surface area contributed by atoms with Crippen LogP contribution in [0.25, 0.3) is 0 Å². The predicted octanol–water partition coefficient (Wildman–Crippen LogP) is 4.42. The molecule has 0 bridgehead atoms. The molecule has 0 saturated carbocycles. The Hall–Kier alpha value is -3.66. The zero-order valence-corrected chi connectivity index (χ0v) is 14.6. The molecule has 0 amide bonds. The maximum absolute atomic E-state index is 11.9. The fraction of sp³-hybridized carbons (Fsp3) is 0.0435. The van der Waals surface area contributed by atoms with Crippen molar-refractivity contribution in [1.29, 1.82) is 0 Å². The second-order valence-corrected chi connectivity index (χ2v) is 6.23. The third kappa shape index (κ3) is 2.72. The van der Waals surface area contributed by atoms with E-state index in [0.717, 1.165) is 16.7 Å². The Labute approximate surface area is 157 Å². The quantitative estimate of drug-likeness (QED) is 0.540. The summed E-state index contributed by atoms with van der Waals surface area (Å²) in [5.41, 5.74) is 2.03. The van der Waals surface area contributed by atoms with Gasteiger partial charge in [-0.1, -0.05) is 91.0 Å². The van der Waals surface area contributed by atoms with E-state index >= 15 is 0 Å². The Balaban J connectivity index is 2.17. The molecular formula is C23H18N2O2. The van der Waals surface area contributed by atoms with Gasteiger partial charge in [0, 0.05) is 12.4 Å². The highest BCUT2D eigenvalue weighted by Gasteiger charge is 2.40. The van der Waals surface area contributed by atoms with Crippen molar-refractivity contribution in [3.8, 4) is 0 Å². The molecule has 0 radical (unpaired) electrons. The largest absolute Gasteiger partial charge is 0.475 e. The molecule has 4 nitrogen and oxygen atoms in total. The van der Waals surface area contributed by atoms with E-state index in [0.29, 0.717) is 0 Å². The highest BCUT2D eigenvalue weighted by atomic mass is 16.4. The minimum Gasteiger partial charge on any atom is -0.475 e. The van der Waals surface area contributed by atoms with Gasteiger partial charge in [0.15, 0.2) is 0 Å². The Kier molecular flexibility index (Phi) is 4.30.